The second kappa shape index (κ2) is 6.29. The number of rotatable bonds is 6. The van der Waals surface area contributed by atoms with Crippen molar-refractivity contribution in [1.29, 1.82) is 0 Å². The standard InChI is InChI=1S/C14H21NO3/c16-8-12(9-17)15-14(11-6-13(18)7-11)10-4-2-1-3-5-10/h1-5,11-18H,6-9H2/t11?,13?,14-/m1/s1. The first-order chi connectivity index (χ1) is 8.74. The van der Waals surface area contributed by atoms with Crippen LogP contribution in [0, 0.1) is 5.92 Å². The molecule has 0 bridgehead atoms. The van der Waals surface area contributed by atoms with Crippen molar-refractivity contribution in [3.63, 3.8) is 0 Å². The molecule has 0 spiro atoms. The normalized spacial score (nSPS) is 24.9. The summed E-state index contributed by atoms with van der Waals surface area (Å²) in [5.41, 5.74) is 1.14. The minimum atomic E-state index is -0.312. The monoisotopic (exact) mass is 251 g/mol. The van der Waals surface area contributed by atoms with Crippen LogP contribution in [0.2, 0.25) is 0 Å². The minimum absolute atomic E-state index is 0.0823. The predicted molar refractivity (Wildman–Crippen MR) is 69.0 cm³/mol. The molecule has 1 aliphatic carbocycles. The average molecular weight is 251 g/mol. The van der Waals surface area contributed by atoms with Crippen LogP contribution in [0.5, 0.6) is 0 Å². The van der Waals surface area contributed by atoms with E-state index in [1.165, 1.54) is 0 Å². The summed E-state index contributed by atoms with van der Waals surface area (Å²) in [6, 6.07) is 9.76. The van der Waals surface area contributed by atoms with E-state index in [0.717, 1.165) is 18.4 Å². The van der Waals surface area contributed by atoms with Gasteiger partial charge in [0, 0.05) is 6.04 Å². The first-order valence-corrected chi connectivity index (χ1v) is 6.45. The van der Waals surface area contributed by atoms with E-state index in [-0.39, 0.29) is 31.4 Å². The van der Waals surface area contributed by atoms with Crippen LogP contribution in [0.15, 0.2) is 30.3 Å². The maximum Gasteiger partial charge on any atom is 0.0607 e. The number of hydrogen-bond acceptors (Lipinski definition) is 4. The van der Waals surface area contributed by atoms with Crippen LogP contribution in [-0.2, 0) is 0 Å². The largest absolute Gasteiger partial charge is 0.395 e. The number of hydrogen-bond donors (Lipinski definition) is 4. The third-order valence-electron chi connectivity index (χ3n) is 3.64. The van der Waals surface area contributed by atoms with Crippen molar-refractivity contribution in [2.24, 2.45) is 5.92 Å². The molecule has 1 atom stereocenters. The fourth-order valence-electron chi connectivity index (χ4n) is 2.48. The van der Waals surface area contributed by atoms with Crippen LogP contribution < -0.4 is 5.32 Å². The van der Waals surface area contributed by atoms with Gasteiger partial charge in [-0.05, 0) is 24.3 Å². The lowest BCUT2D eigenvalue weighted by Crippen LogP contribution is -2.45. The molecule has 1 aromatic carbocycles. The number of benzene rings is 1. The van der Waals surface area contributed by atoms with E-state index in [9.17, 15) is 15.3 Å². The van der Waals surface area contributed by atoms with E-state index < -0.39 is 0 Å². The smallest absolute Gasteiger partial charge is 0.0607 e. The van der Waals surface area contributed by atoms with Gasteiger partial charge in [0.15, 0.2) is 0 Å². The van der Waals surface area contributed by atoms with Crippen LogP contribution in [-0.4, -0.2) is 40.7 Å². The molecule has 1 fully saturated rings. The van der Waals surface area contributed by atoms with Gasteiger partial charge in [-0.25, -0.2) is 0 Å². The van der Waals surface area contributed by atoms with Crippen LogP contribution >= 0.6 is 0 Å². The Balaban J connectivity index is 2.08. The second-order valence-corrected chi connectivity index (χ2v) is 5.00. The molecule has 1 aromatic rings. The van der Waals surface area contributed by atoms with Crippen molar-refractivity contribution >= 4 is 0 Å². The molecule has 0 unspecified atom stereocenters. The first-order valence-electron chi connectivity index (χ1n) is 6.45. The molecular formula is C14H21NO3. The lowest BCUT2D eigenvalue weighted by atomic mass is 9.75. The van der Waals surface area contributed by atoms with E-state index in [1.54, 1.807) is 0 Å². The third kappa shape index (κ3) is 3.09. The van der Waals surface area contributed by atoms with Gasteiger partial charge >= 0.3 is 0 Å². The van der Waals surface area contributed by atoms with Crippen LogP contribution in [0.4, 0.5) is 0 Å². The number of nitrogens with one attached hydrogen (secondary N) is 1. The Hall–Kier alpha value is -0.940. The molecule has 0 amide bonds. The Morgan fingerprint density at radius 2 is 1.72 bits per heavy atom. The molecule has 4 N–H and O–H groups in total. The van der Waals surface area contributed by atoms with Crippen molar-refractivity contribution in [3.8, 4) is 0 Å². The summed E-state index contributed by atoms with van der Waals surface area (Å²) < 4.78 is 0. The van der Waals surface area contributed by atoms with E-state index in [2.05, 4.69) is 5.32 Å². The van der Waals surface area contributed by atoms with Crippen molar-refractivity contribution in [2.45, 2.75) is 31.0 Å². The summed E-state index contributed by atoms with van der Waals surface area (Å²) in [5, 5.41) is 31.1. The van der Waals surface area contributed by atoms with Crippen LogP contribution in [0.3, 0.4) is 0 Å². The highest BCUT2D eigenvalue weighted by molar-refractivity contribution is 5.21. The minimum Gasteiger partial charge on any atom is -0.395 e. The zero-order valence-corrected chi connectivity index (χ0v) is 10.4. The fraction of sp³-hybridized carbons (Fsp3) is 0.571. The molecule has 0 aliphatic heterocycles. The summed E-state index contributed by atoms with van der Waals surface area (Å²) in [6.07, 6.45) is 1.34. The molecule has 0 radical (unpaired) electrons. The molecule has 2 rings (SSSR count). The third-order valence-corrected chi connectivity index (χ3v) is 3.64. The quantitative estimate of drug-likeness (QED) is 0.592. The Bertz CT molecular complexity index is 347. The molecular weight excluding hydrogens is 230 g/mol. The predicted octanol–water partition coefficient (Wildman–Crippen LogP) is 0.441. The SMILES string of the molecule is OCC(CO)N[C@H](c1ccccc1)C1CC(O)C1. The van der Waals surface area contributed by atoms with Crippen LogP contribution in [0.1, 0.15) is 24.4 Å². The van der Waals surface area contributed by atoms with Crippen LogP contribution in [0.25, 0.3) is 0 Å². The number of aliphatic hydroxyl groups is 3. The average Bonchev–Trinajstić information content (AvgIpc) is 2.38. The maximum atomic E-state index is 9.44. The highest BCUT2D eigenvalue weighted by atomic mass is 16.3. The van der Waals surface area contributed by atoms with Gasteiger partial charge in [-0.3, -0.25) is 0 Å². The Kier molecular flexibility index (Phi) is 4.72. The molecule has 0 saturated heterocycles. The van der Waals surface area contributed by atoms with Crippen molar-refractivity contribution in [2.75, 3.05) is 13.2 Å². The van der Waals surface area contributed by atoms with Crippen molar-refractivity contribution in [3.05, 3.63) is 35.9 Å². The van der Waals surface area contributed by atoms with Gasteiger partial charge in [0.2, 0.25) is 0 Å². The molecule has 100 valence electrons. The van der Waals surface area contributed by atoms with Gasteiger partial charge in [-0.2, -0.15) is 0 Å². The molecule has 4 heteroatoms. The van der Waals surface area contributed by atoms with E-state index >= 15 is 0 Å². The van der Waals surface area contributed by atoms with Gasteiger partial charge in [0.25, 0.3) is 0 Å². The first kappa shape index (κ1) is 13.5. The fourth-order valence-corrected chi connectivity index (χ4v) is 2.48. The summed E-state index contributed by atoms with van der Waals surface area (Å²) in [4.78, 5) is 0. The van der Waals surface area contributed by atoms with E-state index in [4.69, 9.17) is 0 Å². The van der Waals surface area contributed by atoms with Gasteiger partial charge in [0.05, 0.1) is 25.4 Å². The zero-order chi connectivity index (χ0) is 13.0. The summed E-state index contributed by atoms with van der Waals surface area (Å²) in [5.74, 6) is 0.364. The summed E-state index contributed by atoms with van der Waals surface area (Å²) in [6.45, 7) is -0.176. The molecule has 0 aromatic heterocycles. The van der Waals surface area contributed by atoms with Crippen molar-refractivity contribution < 1.29 is 15.3 Å². The van der Waals surface area contributed by atoms with Gasteiger partial charge in [-0.15, -0.1) is 0 Å². The second-order valence-electron chi connectivity index (χ2n) is 5.00. The van der Waals surface area contributed by atoms with Crippen molar-refractivity contribution in [1.82, 2.24) is 5.32 Å². The number of aliphatic hydroxyl groups excluding tert-OH is 3. The summed E-state index contributed by atoms with van der Waals surface area (Å²) in [7, 11) is 0. The zero-order valence-electron chi connectivity index (χ0n) is 10.4. The Morgan fingerprint density at radius 3 is 2.22 bits per heavy atom. The highest BCUT2D eigenvalue weighted by Gasteiger charge is 2.35. The Labute approximate surface area is 107 Å². The lowest BCUT2D eigenvalue weighted by molar-refractivity contribution is 0.0177. The van der Waals surface area contributed by atoms with Gasteiger partial charge in [-0.1, -0.05) is 30.3 Å². The Morgan fingerprint density at radius 1 is 1.11 bits per heavy atom. The maximum absolute atomic E-state index is 9.44. The molecule has 1 saturated carbocycles. The van der Waals surface area contributed by atoms with E-state index in [1.807, 2.05) is 30.3 Å². The lowest BCUT2D eigenvalue weighted by Gasteiger charge is -2.39. The van der Waals surface area contributed by atoms with Gasteiger partial charge in [0.1, 0.15) is 0 Å². The van der Waals surface area contributed by atoms with Gasteiger partial charge < -0.3 is 20.6 Å². The topological polar surface area (TPSA) is 72.7 Å². The molecule has 0 heterocycles. The van der Waals surface area contributed by atoms with E-state index in [0.29, 0.717) is 5.92 Å². The molecule has 4 nitrogen and oxygen atoms in total. The molecule has 1 aliphatic rings. The highest BCUT2D eigenvalue weighted by Crippen LogP contribution is 2.38. The summed E-state index contributed by atoms with van der Waals surface area (Å²) >= 11 is 0. The molecule has 18 heavy (non-hydrogen) atoms.